The van der Waals surface area contributed by atoms with Gasteiger partial charge in [0.05, 0.1) is 6.61 Å². The van der Waals surface area contributed by atoms with Crippen LogP contribution < -0.4 is 4.74 Å². The lowest BCUT2D eigenvalue weighted by Gasteiger charge is -2.08. The van der Waals surface area contributed by atoms with E-state index in [1.165, 1.54) is 0 Å². The molecule has 0 aliphatic rings. The van der Waals surface area contributed by atoms with Gasteiger partial charge in [0.25, 0.3) is 0 Å². The van der Waals surface area contributed by atoms with E-state index in [1.807, 2.05) is 18.2 Å². The van der Waals surface area contributed by atoms with Gasteiger partial charge in [-0.1, -0.05) is 13.8 Å². The first-order chi connectivity index (χ1) is 8.06. The van der Waals surface area contributed by atoms with Gasteiger partial charge < -0.3 is 14.8 Å². The molecule has 4 nitrogen and oxygen atoms in total. The van der Waals surface area contributed by atoms with Gasteiger partial charge in [-0.05, 0) is 24.1 Å². The number of nitrogens with one attached hydrogen (secondary N) is 1. The molecule has 0 saturated heterocycles. The molecule has 2 aromatic rings. The van der Waals surface area contributed by atoms with Crippen molar-refractivity contribution in [1.29, 1.82) is 0 Å². The number of rotatable bonds is 4. The fourth-order valence-electron chi connectivity index (χ4n) is 1.57. The van der Waals surface area contributed by atoms with Gasteiger partial charge in [0.15, 0.2) is 0 Å². The van der Waals surface area contributed by atoms with Crippen molar-refractivity contribution < 1.29 is 14.6 Å². The maximum Gasteiger partial charge on any atom is 0.352 e. The van der Waals surface area contributed by atoms with E-state index in [4.69, 9.17) is 9.84 Å². The summed E-state index contributed by atoms with van der Waals surface area (Å²) in [6.07, 6.45) is 0. The minimum atomic E-state index is -0.953. The van der Waals surface area contributed by atoms with Crippen molar-refractivity contribution in [1.82, 2.24) is 4.98 Å². The second kappa shape index (κ2) is 4.49. The van der Waals surface area contributed by atoms with Crippen molar-refractivity contribution in [3.05, 3.63) is 30.0 Å². The van der Waals surface area contributed by atoms with Gasteiger partial charge in [-0.15, -0.1) is 0 Å². The smallest absolute Gasteiger partial charge is 0.352 e. The third-order valence-electron chi connectivity index (χ3n) is 2.41. The van der Waals surface area contributed by atoms with E-state index in [0.717, 1.165) is 16.7 Å². The van der Waals surface area contributed by atoms with Crippen LogP contribution in [0.1, 0.15) is 24.3 Å². The highest BCUT2D eigenvalue weighted by atomic mass is 16.5. The number of benzene rings is 1. The average Bonchev–Trinajstić information content (AvgIpc) is 2.69. The zero-order valence-corrected chi connectivity index (χ0v) is 9.86. The van der Waals surface area contributed by atoms with Crippen LogP contribution in [0.15, 0.2) is 24.3 Å². The molecule has 0 fully saturated rings. The summed E-state index contributed by atoms with van der Waals surface area (Å²) in [5.41, 5.74) is 0.977. The Morgan fingerprint density at radius 1 is 1.41 bits per heavy atom. The number of hydrogen-bond acceptors (Lipinski definition) is 2. The molecule has 1 aromatic heterocycles. The van der Waals surface area contributed by atoms with E-state index < -0.39 is 5.97 Å². The van der Waals surface area contributed by atoms with Gasteiger partial charge in [-0.3, -0.25) is 0 Å². The third-order valence-corrected chi connectivity index (χ3v) is 2.41. The van der Waals surface area contributed by atoms with Crippen LogP contribution >= 0.6 is 0 Å². The summed E-state index contributed by atoms with van der Waals surface area (Å²) in [6, 6.07) is 7.15. The minimum absolute atomic E-state index is 0.195. The molecular weight excluding hydrogens is 218 g/mol. The highest BCUT2D eigenvalue weighted by Crippen LogP contribution is 2.21. The van der Waals surface area contributed by atoms with Crippen LogP contribution in [0.5, 0.6) is 5.75 Å². The normalized spacial score (nSPS) is 11.0. The summed E-state index contributed by atoms with van der Waals surface area (Å²) in [4.78, 5) is 13.7. The summed E-state index contributed by atoms with van der Waals surface area (Å²) >= 11 is 0. The predicted molar refractivity (Wildman–Crippen MR) is 65.6 cm³/mol. The molecule has 17 heavy (non-hydrogen) atoms. The summed E-state index contributed by atoms with van der Waals surface area (Å²) < 4.78 is 5.58. The zero-order chi connectivity index (χ0) is 12.4. The van der Waals surface area contributed by atoms with Crippen molar-refractivity contribution in [2.24, 2.45) is 5.92 Å². The van der Waals surface area contributed by atoms with E-state index in [2.05, 4.69) is 18.8 Å². The van der Waals surface area contributed by atoms with Crippen LogP contribution in [0.3, 0.4) is 0 Å². The highest BCUT2D eigenvalue weighted by Gasteiger charge is 2.08. The number of fused-ring (bicyclic) bond motifs is 1. The Kier molecular flexibility index (Phi) is 3.04. The molecule has 1 aromatic carbocycles. The molecule has 0 radical (unpaired) electrons. The molecule has 0 aliphatic carbocycles. The maximum absolute atomic E-state index is 10.8. The van der Waals surface area contributed by atoms with E-state index in [0.29, 0.717) is 12.5 Å². The molecule has 1 heterocycles. The van der Waals surface area contributed by atoms with Crippen LogP contribution in [0.25, 0.3) is 10.9 Å². The summed E-state index contributed by atoms with van der Waals surface area (Å²) in [7, 11) is 0. The Morgan fingerprint density at radius 2 is 2.18 bits per heavy atom. The van der Waals surface area contributed by atoms with E-state index in [-0.39, 0.29) is 5.69 Å². The zero-order valence-electron chi connectivity index (χ0n) is 9.86. The number of aromatic nitrogens is 1. The number of carboxylic acids is 1. The predicted octanol–water partition coefficient (Wildman–Crippen LogP) is 2.90. The van der Waals surface area contributed by atoms with E-state index in [1.54, 1.807) is 6.07 Å². The van der Waals surface area contributed by atoms with Gasteiger partial charge >= 0.3 is 5.97 Å². The molecule has 2 rings (SSSR count). The summed E-state index contributed by atoms with van der Waals surface area (Å²) in [6.45, 7) is 4.81. The molecule has 0 saturated carbocycles. The topological polar surface area (TPSA) is 62.3 Å². The number of carbonyl (C=O) groups is 1. The molecule has 90 valence electrons. The van der Waals surface area contributed by atoms with E-state index in [9.17, 15) is 4.79 Å². The Labute approximate surface area is 99.2 Å². The quantitative estimate of drug-likeness (QED) is 0.853. The second-order valence-corrected chi connectivity index (χ2v) is 4.44. The van der Waals surface area contributed by atoms with Crippen molar-refractivity contribution in [2.75, 3.05) is 6.61 Å². The summed E-state index contributed by atoms with van der Waals surface area (Å²) in [5, 5.41) is 9.74. The Bertz CT molecular complexity index is 543. The van der Waals surface area contributed by atoms with Gasteiger partial charge in [0.2, 0.25) is 0 Å². The van der Waals surface area contributed by atoms with Gasteiger partial charge in [-0.25, -0.2) is 4.79 Å². The molecule has 2 N–H and O–H groups in total. The SMILES string of the molecule is CC(C)COc1ccc2cc(C(=O)O)[nH]c2c1. The number of carboxylic acid groups (broad SMARTS) is 1. The van der Waals surface area contributed by atoms with Crippen LogP contribution in [-0.4, -0.2) is 22.7 Å². The van der Waals surface area contributed by atoms with Gasteiger partial charge in [0.1, 0.15) is 11.4 Å². The molecule has 0 unspecified atom stereocenters. The summed E-state index contributed by atoms with van der Waals surface area (Å²) in [5.74, 6) is 0.264. The van der Waals surface area contributed by atoms with E-state index >= 15 is 0 Å². The second-order valence-electron chi connectivity index (χ2n) is 4.44. The lowest BCUT2D eigenvalue weighted by atomic mass is 10.2. The lowest BCUT2D eigenvalue weighted by Crippen LogP contribution is -2.04. The molecule has 4 heteroatoms. The maximum atomic E-state index is 10.8. The third kappa shape index (κ3) is 2.58. The van der Waals surface area contributed by atoms with Crippen molar-refractivity contribution in [3.8, 4) is 5.75 Å². The molecular formula is C13H15NO3. The first-order valence-corrected chi connectivity index (χ1v) is 5.55. The lowest BCUT2D eigenvalue weighted by molar-refractivity contribution is 0.0691. The number of H-pyrrole nitrogens is 1. The Hall–Kier alpha value is -1.97. The van der Waals surface area contributed by atoms with Crippen molar-refractivity contribution >= 4 is 16.9 Å². The molecule has 0 amide bonds. The Morgan fingerprint density at radius 3 is 2.82 bits per heavy atom. The molecule has 0 bridgehead atoms. The van der Waals surface area contributed by atoms with Crippen molar-refractivity contribution in [2.45, 2.75) is 13.8 Å². The van der Waals surface area contributed by atoms with Crippen molar-refractivity contribution in [3.63, 3.8) is 0 Å². The number of aromatic amines is 1. The molecule has 0 aliphatic heterocycles. The highest BCUT2D eigenvalue weighted by molar-refractivity contribution is 5.94. The average molecular weight is 233 g/mol. The fraction of sp³-hybridized carbons (Fsp3) is 0.308. The first-order valence-electron chi connectivity index (χ1n) is 5.55. The standard InChI is InChI=1S/C13H15NO3/c1-8(2)7-17-10-4-3-9-5-12(13(15)16)14-11(9)6-10/h3-6,8,14H,7H2,1-2H3,(H,15,16). The van der Waals surface area contributed by atoms with Gasteiger partial charge in [0, 0.05) is 17.0 Å². The molecule has 0 spiro atoms. The van der Waals surface area contributed by atoms with Crippen LogP contribution in [0.4, 0.5) is 0 Å². The Balaban J connectivity index is 2.27. The number of hydrogen-bond donors (Lipinski definition) is 2. The monoisotopic (exact) mass is 233 g/mol. The molecule has 0 atom stereocenters. The van der Waals surface area contributed by atoms with Crippen LogP contribution in [0, 0.1) is 5.92 Å². The number of ether oxygens (including phenoxy) is 1. The van der Waals surface area contributed by atoms with Crippen LogP contribution in [0.2, 0.25) is 0 Å². The fourth-order valence-corrected chi connectivity index (χ4v) is 1.57. The first kappa shape index (κ1) is 11.5. The largest absolute Gasteiger partial charge is 0.493 e. The number of aromatic carboxylic acids is 1. The van der Waals surface area contributed by atoms with Gasteiger partial charge in [-0.2, -0.15) is 0 Å². The minimum Gasteiger partial charge on any atom is -0.493 e. The van der Waals surface area contributed by atoms with Crippen LogP contribution in [-0.2, 0) is 0 Å².